The highest BCUT2D eigenvalue weighted by molar-refractivity contribution is 6.11. The number of fused-ring (bicyclic) bond motifs is 3. The standard InChI is InChI=1S/C27H36N3O3/c1-7-21(27(3,4)5)26(32)33-17-30-15-14-29(18(30)2)16-19-12-13-23-24(25(19)31)20-10-8-9-11-22(20)28(23)6/h8-11,14-15,19,21H,7,12-13,16-17H2,1-6H3/q+1/t19?,21-/m0/s1. The molecule has 0 saturated heterocycles. The third kappa shape index (κ3) is 4.23. The molecule has 1 aromatic carbocycles. The van der Waals surface area contributed by atoms with Crippen molar-refractivity contribution in [3.05, 3.63) is 53.7 Å². The first-order valence-corrected chi connectivity index (χ1v) is 12.0. The van der Waals surface area contributed by atoms with E-state index in [-0.39, 0.29) is 35.7 Å². The van der Waals surface area contributed by atoms with Gasteiger partial charge in [-0.1, -0.05) is 45.9 Å². The Morgan fingerprint density at radius 2 is 2.00 bits per heavy atom. The number of ether oxygens (including phenoxy) is 1. The number of rotatable bonds is 6. The largest absolute Gasteiger partial charge is 0.424 e. The van der Waals surface area contributed by atoms with Crippen molar-refractivity contribution in [3.63, 3.8) is 0 Å². The average molecular weight is 451 g/mol. The number of hydrogen-bond donors (Lipinski definition) is 0. The van der Waals surface area contributed by atoms with Gasteiger partial charge in [0.05, 0.1) is 11.8 Å². The van der Waals surface area contributed by atoms with Crippen molar-refractivity contribution in [3.8, 4) is 0 Å². The maximum absolute atomic E-state index is 13.5. The van der Waals surface area contributed by atoms with Crippen molar-refractivity contribution in [1.29, 1.82) is 0 Å². The van der Waals surface area contributed by atoms with Gasteiger partial charge in [0, 0.05) is 36.1 Å². The SMILES string of the molecule is CC[C@@H](C(=O)OC[n+]1ccn(CC2CCc3c(c4ccccc4n3C)C2=O)c1C)C(C)(C)C. The van der Waals surface area contributed by atoms with Crippen molar-refractivity contribution in [1.82, 2.24) is 9.13 Å². The van der Waals surface area contributed by atoms with E-state index in [2.05, 4.69) is 49.1 Å². The Balaban J connectivity index is 1.48. The summed E-state index contributed by atoms with van der Waals surface area (Å²) in [4.78, 5) is 26.1. The molecule has 176 valence electrons. The first kappa shape index (κ1) is 23.3. The van der Waals surface area contributed by atoms with Gasteiger partial charge in [0.1, 0.15) is 18.9 Å². The van der Waals surface area contributed by atoms with Crippen molar-refractivity contribution in [2.45, 2.75) is 67.2 Å². The van der Waals surface area contributed by atoms with Crippen LogP contribution in [-0.4, -0.2) is 20.9 Å². The number of Topliss-reactive ketones (excluding diaryl/α,β-unsaturated/α-hetero) is 1. The van der Waals surface area contributed by atoms with E-state index >= 15 is 0 Å². The first-order valence-electron chi connectivity index (χ1n) is 12.0. The Morgan fingerprint density at radius 1 is 1.27 bits per heavy atom. The molecule has 6 nitrogen and oxygen atoms in total. The molecule has 0 spiro atoms. The number of esters is 1. The van der Waals surface area contributed by atoms with Gasteiger partial charge in [-0.25, -0.2) is 4.57 Å². The summed E-state index contributed by atoms with van der Waals surface area (Å²) in [6.07, 6.45) is 6.41. The van der Waals surface area contributed by atoms with E-state index in [9.17, 15) is 9.59 Å². The van der Waals surface area contributed by atoms with E-state index < -0.39 is 0 Å². The second kappa shape index (κ2) is 8.81. The number of nitrogens with zero attached hydrogens (tertiary/aromatic N) is 3. The van der Waals surface area contributed by atoms with Crippen molar-refractivity contribution in [2.75, 3.05) is 0 Å². The zero-order valence-electron chi connectivity index (χ0n) is 20.7. The van der Waals surface area contributed by atoms with Gasteiger partial charge in [0.15, 0.2) is 5.78 Å². The van der Waals surface area contributed by atoms with E-state index in [4.69, 9.17) is 4.74 Å². The van der Waals surface area contributed by atoms with Crippen molar-refractivity contribution >= 4 is 22.7 Å². The van der Waals surface area contributed by atoms with Gasteiger partial charge in [0.2, 0.25) is 6.73 Å². The van der Waals surface area contributed by atoms with Crippen molar-refractivity contribution in [2.24, 2.45) is 24.3 Å². The molecule has 2 atom stereocenters. The zero-order chi connectivity index (χ0) is 23.9. The highest BCUT2D eigenvalue weighted by Crippen LogP contribution is 2.34. The molecule has 2 heterocycles. The molecule has 0 N–H and O–H groups in total. The maximum Gasteiger partial charge on any atom is 0.312 e. The first-order chi connectivity index (χ1) is 15.6. The van der Waals surface area contributed by atoms with Crippen LogP contribution in [0, 0.1) is 24.2 Å². The van der Waals surface area contributed by atoms with E-state index in [1.807, 2.05) is 42.9 Å². The molecule has 1 unspecified atom stereocenters. The fourth-order valence-electron chi connectivity index (χ4n) is 5.31. The molecule has 6 heteroatoms. The van der Waals surface area contributed by atoms with Crippen LogP contribution in [0.3, 0.4) is 0 Å². The van der Waals surface area contributed by atoms with E-state index in [0.717, 1.165) is 47.2 Å². The van der Waals surface area contributed by atoms with Crippen LogP contribution in [0.2, 0.25) is 0 Å². The van der Waals surface area contributed by atoms with Crippen LogP contribution in [0.4, 0.5) is 0 Å². The second-order valence-electron chi connectivity index (χ2n) is 10.4. The predicted octanol–water partition coefficient (Wildman–Crippen LogP) is 4.59. The molecule has 1 aliphatic rings. The number of aromatic nitrogens is 3. The van der Waals surface area contributed by atoms with Crippen LogP contribution >= 0.6 is 0 Å². The molecule has 0 bridgehead atoms. The molecular formula is C27H36N3O3+. The summed E-state index contributed by atoms with van der Waals surface area (Å²) in [6, 6.07) is 8.16. The summed E-state index contributed by atoms with van der Waals surface area (Å²) >= 11 is 0. The Kier molecular flexibility index (Phi) is 6.21. The molecule has 0 aliphatic heterocycles. The number of hydrogen-bond acceptors (Lipinski definition) is 3. The monoisotopic (exact) mass is 450 g/mol. The Labute approximate surface area is 196 Å². The summed E-state index contributed by atoms with van der Waals surface area (Å²) in [5, 5.41) is 1.06. The normalized spacial score (nSPS) is 17.3. The molecule has 33 heavy (non-hydrogen) atoms. The van der Waals surface area contributed by atoms with Gasteiger partial charge in [-0.3, -0.25) is 9.59 Å². The lowest BCUT2D eigenvalue weighted by Crippen LogP contribution is -2.40. The number of para-hydroxylation sites is 1. The van der Waals surface area contributed by atoms with E-state index in [1.165, 1.54) is 0 Å². The van der Waals surface area contributed by atoms with Gasteiger partial charge in [0.25, 0.3) is 5.82 Å². The summed E-state index contributed by atoms with van der Waals surface area (Å²) in [5.74, 6) is 0.861. The molecule has 1 aliphatic carbocycles. The lowest BCUT2D eigenvalue weighted by Gasteiger charge is -2.27. The Morgan fingerprint density at radius 3 is 2.70 bits per heavy atom. The zero-order valence-corrected chi connectivity index (χ0v) is 20.7. The Hall–Kier alpha value is -2.89. The smallest absolute Gasteiger partial charge is 0.312 e. The number of benzene rings is 1. The third-order valence-corrected chi connectivity index (χ3v) is 7.33. The van der Waals surface area contributed by atoms with Crippen LogP contribution < -0.4 is 4.57 Å². The summed E-state index contributed by atoms with van der Waals surface area (Å²) < 4.78 is 11.9. The van der Waals surface area contributed by atoms with Crippen LogP contribution in [0.1, 0.15) is 62.4 Å². The van der Waals surface area contributed by atoms with E-state index in [1.54, 1.807) is 0 Å². The summed E-state index contributed by atoms with van der Waals surface area (Å²) in [7, 11) is 2.05. The number of imidazole rings is 1. The quantitative estimate of drug-likeness (QED) is 0.408. The molecule has 0 amide bonds. The number of ketones is 1. The van der Waals surface area contributed by atoms with Gasteiger partial charge in [-0.15, -0.1) is 0 Å². The van der Waals surface area contributed by atoms with Crippen LogP contribution in [0.5, 0.6) is 0 Å². The van der Waals surface area contributed by atoms with Gasteiger partial charge in [-0.2, -0.15) is 4.57 Å². The van der Waals surface area contributed by atoms with Crippen LogP contribution in [0.25, 0.3) is 10.9 Å². The topological polar surface area (TPSA) is 57.1 Å². The van der Waals surface area contributed by atoms with Gasteiger partial charge in [-0.05, 0) is 30.7 Å². The molecule has 0 saturated carbocycles. The van der Waals surface area contributed by atoms with Crippen molar-refractivity contribution < 1.29 is 18.9 Å². The summed E-state index contributed by atoms with van der Waals surface area (Å²) in [5.41, 5.74) is 3.03. The molecule has 2 aromatic heterocycles. The number of carbonyl (C=O) groups excluding carboxylic acids is 2. The van der Waals surface area contributed by atoms with Crippen LogP contribution in [0.15, 0.2) is 36.7 Å². The highest BCUT2D eigenvalue weighted by Gasteiger charge is 2.34. The maximum atomic E-state index is 13.5. The minimum atomic E-state index is -0.157. The summed E-state index contributed by atoms with van der Waals surface area (Å²) in [6.45, 7) is 11.1. The minimum absolute atomic E-state index is 0.0595. The van der Waals surface area contributed by atoms with Crippen LogP contribution in [-0.2, 0) is 36.3 Å². The lowest BCUT2D eigenvalue weighted by molar-refractivity contribution is -0.732. The average Bonchev–Trinajstić information content (AvgIpc) is 3.26. The predicted molar refractivity (Wildman–Crippen MR) is 128 cm³/mol. The number of aryl methyl sites for hydroxylation is 1. The Bertz CT molecular complexity index is 1200. The molecular weight excluding hydrogens is 414 g/mol. The molecule has 0 radical (unpaired) electrons. The highest BCUT2D eigenvalue weighted by atomic mass is 16.5. The molecule has 0 fully saturated rings. The molecule has 3 aromatic rings. The fourth-order valence-corrected chi connectivity index (χ4v) is 5.31. The lowest BCUT2D eigenvalue weighted by atomic mass is 9.79. The van der Waals surface area contributed by atoms with Gasteiger partial charge < -0.3 is 9.30 Å². The van der Waals surface area contributed by atoms with Gasteiger partial charge >= 0.3 is 5.97 Å². The third-order valence-electron chi connectivity index (χ3n) is 7.33. The fraction of sp³-hybridized carbons (Fsp3) is 0.519. The minimum Gasteiger partial charge on any atom is -0.424 e. The molecule has 4 rings (SSSR count). The number of carbonyl (C=O) groups is 2. The second-order valence-corrected chi connectivity index (χ2v) is 10.4. The van der Waals surface area contributed by atoms with E-state index in [0.29, 0.717) is 6.54 Å².